The normalized spacial score (nSPS) is 11.3. The summed E-state index contributed by atoms with van der Waals surface area (Å²) < 4.78 is 3.98. The fourth-order valence-electron chi connectivity index (χ4n) is 2.53. The Morgan fingerprint density at radius 1 is 1.05 bits per heavy atom. The summed E-state index contributed by atoms with van der Waals surface area (Å²) in [7, 11) is 1.96. The third-order valence-electron chi connectivity index (χ3n) is 3.52. The molecule has 0 saturated carbocycles. The van der Waals surface area contributed by atoms with Crippen LogP contribution in [0.1, 0.15) is 5.82 Å². The summed E-state index contributed by atoms with van der Waals surface area (Å²) in [5.74, 6) is 2.57. The highest BCUT2D eigenvalue weighted by Crippen LogP contribution is 2.22. The number of aromatic nitrogens is 6. The lowest BCUT2D eigenvalue weighted by molar-refractivity contribution is 0.897. The topological polar surface area (TPSA) is 64.3 Å². The number of H-pyrrole nitrogens is 1. The Balaban J connectivity index is 1.89. The molecule has 0 radical (unpaired) electrons. The van der Waals surface area contributed by atoms with E-state index in [1.165, 1.54) is 0 Å². The summed E-state index contributed by atoms with van der Waals surface area (Å²) in [4.78, 5) is 16.5. The van der Waals surface area contributed by atoms with Gasteiger partial charge in [-0.05, 0) is 25.1 Å². The van der Waals surface area contributed by atoms with E-state index in [0.29, 0.717) is 0 Å². The van der Waals surface area contributed by atoms with Gasteiger partial charge in [-0.15, -0.1) is 0 Å². The molecule has 0 unspecified atom stereocenters. The van der Waals surface area contributed by atoms with Gasteiger partial charge in [-0.1, -0.05) is 0 Å². The predicted molar refractivity (Wildman–Crippen MR) is 80.2 cm³/mol. The van der Waals surface area contributed by atoms with Crippen LogP contribution >= 0.6 is 0 Å². The third kappa shape index (κ3) is 1.84. The van der Waals surface area contributed by atoms with Crippen molar-refractivity contribution in [3.05, 3.63) is 48.8 Å². The number of aromatic amines is 1. The second-order valence-electron chi connectivity index (χ2n) is 5.01. The van der Waals surface area contributed by atoms with Gasteiger partial charge in [-0.2, -0.15) is 0 Å². The number of rotatable bonds is 2. The summed E-state index contributed by atoms with van der Waals surface area (Å²) in [6.45, 7) is 1.95. The zero-order valence-corrected chi connectivity index (χ0v) is 11.8. The van der Waals surface area contributed by atoms with E-state index in [0.717, 1.165) is 34.2 Å². The van der Waals surface area contributed by atoms with Crippen LogP contribution in [0.5, 0.6) is 0 Å². The number of imidazole rings is 3. The van der Waals surface area contributed by atoms with E-state index in [1.54, 1.807) is 12.4 Å². The molecule has 0 amide bonds. The van der Waals surface area contributed by atoms with E-state index in [4.69, 9.17) is 0 Å². The van der Waals surface area contributed by atoms with Crippen molar-refractivity contribution >= 4 is 11.0 Å². The number of hydrogen-bond acceptors (Lipinski definition) is 3. The van der Waals surface area contributed by atoms with E-state index in [2.05, 4.69) is 26.0 Å². The van der Waals surface area contributed by atoms with Gasteiger partial charge in [-0.3, -0.25) is 4.57 Å². The average molecular weight is 278 g/mol. The molecule has 104 valence electrons. The van der Waals surface area contributed by atoms with Crippen LogP contribution in [-0.2, 0) is 7.05 Å². The average Bonchev–Trinajstić information content (AvgIpc) is 3.15. The molecule has 0 aliphatic rings. The fraction of sp³-hybridized carbons (Fsp3) is 0.133. The lowest BCUT2D eigenvalue weighted by atomic mass is 10.2. The molecule has 3 aromatic heterocycles. The van der Waals surface area contributed by atoms with Crippen LogP contribution in [0.15, 0.2) is 43.0 Å². The highest BCUT2D eigenvalue weighted by Gasteiger charge is 2.12. The first-order valence-corrected chi connectivity index (χ1v) is 6.70. The van der Waals surface area contributed by atoms with Crippen LogP contribution < -0.4 is 0 Å². The molecule has 6 nitrogen and oxygen atoms in total. The molecular formula is C15H14N6. The second kappa shape index (κ2) is 4.31. The Morgan fingerprint density at radius 3 is 2.67 bits per heavy atom. The van der Waals surface area contributed by atoms with Crippen molar-refractivity contribution < 1.29 is 0 Å². The maximum absolute atomic E-state index is 4.43. The van der Waals surface area contributed by atoms with Gasteiger partial charge in [0, 0.05) is 37.5 Å². The number of nitrogens with zero attached hydrogens (tertiary/aromatic N) is 5. The van der Waals surface area contributed by atoms with Crippen molar-refractivity contribution in [2.45, 2.75) is 6.92 Å². The maximum Gasteiger partial charge on any atom is 0.181 e. The van der Waals surface area contributed by atoms with Crippen LogP contribution in [0.2, 0.25) is 0 Å². The smallest absolute Gasteiger partial charge is 0.181 e. The highest BCUT2D eigenvalue weighted by atomic mass is 15.1. The van der Waals surface area contributed by atoms with Crippen molar-refractivity contribution in [2.75, 3.05) is 0 Å². The number of hydrogen-bond donors (Lipinski definition) is 1. The molecule has 0 fully saturated rings. The summed E-state index contributed by atoms with van der Waals surface area (Å²) in [5.41, 5.74) is 3.01. The van der Waals surface area contributed by atoms with Gasteiger partial charge in [-0.25, -0.2) is 15.0 Å². The first-order valence-electron chi connectivity index (χ1n) is 6.70. The summed E-state index contributed by atoms with van der Waals surface area (Å²) >= 11 is 0. The lowest BCUT2D eigenvalue weighted by Gasteiger charge is -2.07. The Hall–Kier alpha value is -2.89. The molecule has 0 aliphatic carbocycles. The van der Waals surface area contributed by atoms with Gasteiger partial charge in [0.1, 0.15) is 5.82 Å². The maximum atomic E-state index is 4.43. The molecule has 6 heteroatoms. The van der Waals surface area contributed by atoms with Crippen LogP contribution in [0.4, 0.5) is 0 Å². The molecular weight excluding hydrogens is 264 g/mol. The van der Waals surface area contributed by atoms with Crippen LogP contribution in [0, 0.1) is 6.92 Å². The van der Waals surface area contributed by atoms with Crippen molar-refractivity contribution in [3.63, 3.8) is 0 Å². The monoisotopic (exact) mass is 278 g/mol. The molecule has 1 aromatic carbocycles. The van der Waals surface area contributed by atoms with Crippen molar-refractivity contribution in [1.29, 1.82) is 0 Å². The molecule has 0 atom stereocenters. The zero-order valence-electron chi connectivity index (χ0n) is 11.8. The fourth-order valence-corrected chi connectivity index (χ4v) is 2.53. The largest absolute Gasteiger partial charge is 0.342 e. The van der Waals surface area contributed by atoms with Crippen LogP contribution in [0.25, 0.3) is 28.4 Å². The van der Waals surface area contributed by atoms with E-state index in [9.17, 15) is 0 Å². The first-order chi connectivity index (χ1) is 10.2. The minimum Gasteiger partial charge on any atom is -0.342 e. The summed E-state index contributed by atoms with van der Waals surface area (Å²) in [5, 5.41) is 0. The number of nitrogens with one attached hydrogen (secondary N) is 1. The summed E-state index contributed by atoms with van der Waals surface area (Å²) in [6.07, 6.45) is 7.41. The molecule has 0 bridgehead atoms. The molecule has 0 saturated heterocycles. The standard InChI is InChI=1S/C15H14N6/c1-10-18-12-4-3-11(9-13(12)19-10)21-8-6-17-15(21)14-16-5-7-20(14)2/h3-9H,1-2H3,(H,18,19). The lowest BCUT2D eigenvalue weighted by Crippen LogP contribution is -2.01. The molecule has 1 N–H and O–H groups in total. The predicted octanol–water partition coefficient (Wildman–Crippen LogP) is 2.46. The SMILES string of the molecule is Cc1nc2ccc(-n3ccnc3-c3nccn3C)cc2[nH]1. The zero-order chi connectivity index (χ0) is 14.4. The van der Waals surface area contributed by atoms with Crippen molar-refractivity contribution in [1.82, 2.24) is 29.1 Å². The molecule has 4 rings (SSSR count). The highest BCUT2D eigenvalue weighted by molar-refractivity contribution is 5.78. The van der Waals surface area contributed by atoms with Gasteiger partial charge >= 0.3 is 0 Å². The van der Waals surface area contributed by atoms with E-state index >= 15 is 0 Å². The van der Waals surface area contributed by atoms with Gasteiger partial charge in [0.15, 0.2) is 11.6 Å². The number of aryl methyl sites for hydroxylation is 2. The Labute approximate surface area is 121 Å². The molecule has 4 aromatic rings. The van der Waals surface area contributed by atoms with E-state index < -0.39 is 0 Å². The molecule has 0 aliphatic heterocycles. The Kier molecular flexibility index (Phi) is 2.44. The Morgan fingerprint density at radius 2 is 1.86 bits per heavy atom. The first kappa shape index (κ1) is 11.9. The minimum absolute atomic E-state index is 0.818. The van der Waals surface area contributed by atoms with Gasteiger partial charge in [0.25, 0.3) is 0 Å². The van der Waals surface area contributed by atoms with E-state index in [-0.39, 0.29) is 0 Å². The number of fused-ring (bicyclic) bond motifs is 1. The van der Waals surface area contributed by atoms with Gasteiger partial charge in [0.05, 0.1) is 11.0 Å². The third-order valence-corrected chi connectivity index (χ3v) is 3.52. The molecule has 0 spiro atoms. The van der Waals surface area contributed by atoms with Crippen LogP contribution in [-0.4, -0.2) is 29.1 Å². The minimum atomic E-state index is 0.818. The van der Waals surface area contributed by atoms with Gasteiger partial charge in [0.2, 0.25) is 0 Å². The molecule has 21 heavy (non-hydrogen) atoms. The van der Waals surface area contributed by atoms with E-state index in [1.807, 2.05) is 47.6 Å². The van der Waals surface area contributed by atoms with Crippen molar-refractivity contribution in [2.24, 2.45) is 7.05 Å². The number of benzene rings is 1. The summed E-state index contributed by atoms with van der Waals surface area (Å²) in [6, 6.07) is 6.12. The Bertz CT molecular complexity index is 927. The second-order valence-corrected chi connectivity index (χ2v) is 5.01. The van der Waals surface area contributed by atoms with Gasteiger partial charge < -0.3 is 9.55 Å². The van der Waals surface area contributed by atoms with Crippen molar-refractivity contribution in [3.8, 4) is 17.3 Å². The van der Waals surface area contributed by atoms with Crippen LogP contribution in [0.3, 0.4) is 0 Å². The molecule has 3 heterocycles. The quantitative estimate of drug-likeness (QED) is 0.612.